The van der Waals surface area contributed by atoms with Crippen LogP contribution in [0.15, 0.2) is 39.3 Å². The Morgan fingerprint density at radius 1 is 1.24 bits per heavy atom. The highest BCUT2D eigenvalue weighted by Crippen LogP contribution is 2.36. The number of carbonyl (C=O) groups excluding carboxylic acids is 1. The van der Waals surface area contributed by atoms with Crippen molar-refractivity contribution in [3.63, 3.8) is 0 Å². The molecular formula is C14H11Br2ClN2O2. The Balaban J connectivity index is 2.33. The number of nitrogens with two attached hydrogens (primary N) is 1. The van der Waals surface area contributed by atoms with Crippen molar-refractivity contribution in [1.29, 1.82) is 0 Å². The number of nitrogens with one attached hydrogen (secondary N) is 1. The van der Waals surface area contributed by atoms with Crippen LogP contribution in [0, 0.1) is 0 Å². The third kappa shape index (κ3) is 3.70. The minimum atomic E-state index is -0.304. The Bertz CT molecular complexity index is 708. The first kappa shape index (κ1) is 16.1. The van der Waals surface area contributed by atoms with E-state index in [-0.39, 0.29) is 5.91 Å². The zero-order chi connectivity index (χ0) is 15.6. The molecule has 0 aliphatic carbocycles. The molecule has 110 valence electrons. The first-order chi connectivity index (χ1) is 9.92. The number of amides is 1. The lowest BCUT2D eigenvalue weighted by Gasteiger charge is -2.13. The maximum Gasteiger partial charge on any atom is 0.255 e. The van der Waals surface area contributed by atoms with Crippen molar-refractivity contribution >= 4 is 60.7 Å². The van der Waals surface area contributed by atoms with E-state index >= 15 is 0 Å². The van der Waals surface area contributed by atoms with Crippen molar-refractivity contribution in [2.75, 3.05) is 18.2 Å². The predicted molar refractivity (Wildman–Crippen MR) is 92.2 cm³/mol. The maximum absolute atomic E-state index is 12.3. The number of carbonyl (C=O) groups is 1. The second-order valence-electron chi connectivity index (χ2n) is 4.16. The second kappa shape index (κ2) is 6.68. The minimum Gasteiger partial charge on any atom is -0.493 e. The lowest BCUT2D eigenvalue weighted by molar-refractivity contribution is 0.102. The summed E-state index contributed by atoms with van der Waals surface area (Å²) in [6.45, 7) is 0. The zero-order valence-electron chi connectivity index (χ0n) is 10.9. The molecule has 0 saturated carbocycles. The Hall–Kier alpha value is -1.24. The van der Waals surface area contributed by atoms with Gasteiger partial charge in [-0.15, -0.1) is 0 Å². The highest BCUT2D eigenvalue weighted by Gasteiger charge is 2.14. The third-order valence-corrected chi connectivity index (χ3v) is 4.25. The van der Waals surface area contributed by atoms with E-state index in [1.807, 2.05) is 0 Å². The second-order valence-corrected chi connectivity index (χ2v) is 6.30. The fourth-order valence-corrected chi connectivity index (χ4v) is 2.96. The SMILES string of the molecule is COc1c(Br)cc(Cl)cc1NC(=O)c1ccc(Br)c(N)c1. The van der Waals surface area contributed by atoms with Crippen molar-refractivity contribution in [1.82, 2.24) is 0 Å². The van der Waals surface area contributed by atoms with Crippen LogP contribution < -0.4 is 15.8 Å². The normalized spacial score (nSPS) is 10.3. The van der Waals surface area contributed by atoms with Crippen molar-refractivity contribution < 1.29 is 9.53 Å². The summed E-state index contributed by atoms with van der Waals surface area (Å²) in [6, 6.07) is 8.28. The molecule has 0 radical (unpaired) electrons. The summed E-state index contributed by atoms with van der Waals surface area (Å²) < 4.78 is 6.65. The first-order valence-electron chi connectivity index (χ1n) is 5.81. The molecule has 4 nitrogen and oxygen atoms in total. The fraction of sp³-hybridized carbons (Fsp3) is 0.0714. The number of nitrogen functional groups attached to an aromatic ring is 1. The highest BCUT2D eigenvalue weighted by molar-refractivity contribution is 9.11. The van der Waals surface area contributed by atoms with E-state index in [0.717, 1.165) is 4.47 Å². The van der Waals surface area contributed by atoms with Gasteiger partial charge in [0.1, 0.15) is 0 Å². The Morgan fingerprint density at radius 2 is 1.95 bits per heavy atom. The molecule has 2 rings (SSSR count). The number of benzene rings is 2. The quantitative estimate of drug-likeness (QED) is 0.688. The smallest absolute Gasteiger partial charge is 0.255 e. The molecule has 0 spiro atoms. The van der Waals surface area contributed by atoms with Crippen molar-refractivity contribution in [3.8, 4) is 5.75 Å². The molecule has 0 saturated heterocycles. The van der Waals surface area contributed by atoms with Crippen molar-refractivity contribution in [2.24, 2.45) is 0 Å². The van der Waals surface area contributed by atoms with E-state index in [9.17, 15) is 4.79 Å². The van der Waals surface area contributed by atoms with Crippen LogP contribution >= 0.6 is 43.5 Å². The minimum absolute atomic E-state index is 0.304. The van der Waals surface area contributed by atoms with Gasteiger partial charge < -0.3 is 15.8 Å². The van der Waals surface area contributed by atoms with E-state index in [0.29, 0.717) is 32.2 Å². The topological polar surface area (TPSA) is 64.3 Å². The van der Waals surface area contributed by atoms with E-state index < -0.39 is 0 Å². The first-order valence-corrected chi connectivity index (χ1v) is 7.78. The lowest BCUT2D eigenvalue weighted by Crippen LogP contribution is -2.13. The van der Waals surface area contributed by atoms with Gasteiger partial charge in [0.15, 0.2) is 5.75 Å². The third-order valence-electron chi connectivity index (χ3n) is 2.72. The Labute approximate surface area is 143 Å². The molecule has 2 aromatic rings. The molecule has 0 aliphatic rings. The number of ether oxygens (including phenoxy) is 1. The van der Waals surface area contributed by atoms with Gasteiger partial charge in [-0.2, -0.15) is 0 Å². The summed E-state index contributed by atoms with van der Waals surface area (Å²) in [5.41, 5.74) is 7.18. The number of anilines is 2. The summed E-state index contributed by atoms with van der Waals surface area (Å²) in [7, 11) is 1.52. The molecular weight excluding hydrogens is 423 g/mol. The molecule has 21 heavy (non-hydrogen) atoms. The number of rotatable bonds is 3. The van der Waals surface area contributed by atoms with Gasteiger partial charge in [-0.25, -0.2) is 0 Å². The predicted octanol–water partition coefficient (Wildman–Crippen LogP) is 4.71. The van der Waals surface area contributed by atoms with E-state index in [1.165, 1.54) is 7.11 Å². The van der Waals surface area contributed by atoms with Crippen LogP contribution in [0.4, 0.5) is 11.4 Å². The molecule has 0 bridgehead atoms. The molecule has 0 aromatic heterocycles. The van der Waals surface area contributed by atoms with Gasteiger partial charge in [0, 0.05) is 20.7 Å². The highest BCUT2D eigenvalue weighted by atomic mass is 79.9. The molecule has 0 atom stereocenters. The van der Waals surface area contributed by atoms with Gasteiger partial charge >= 0.3 is 0 Å². The van der Waals surface area contributed by atoms with Crippen LogP contribution in [-0.2, 0) is 0 Å². The van der Waals surface area contributed by atoms with Crippen LogP contribution in [-0.4, -0.2) is 13.0 Å². The van der Waals surface area contributed by atoms with Gasteiger partial charge in [0.2, 0.25) is 0 Å². The Kier molecular flexibility index (Phi) is 5.13. The molecule has 0 aliphatic heterocycles. The summed E-state index contributed by atoms with van der Waals surface area (Å²) in [5, 5.41) is 3.24. The lowest BCUT2D eigenvalue weighted by atomic mass is 10.2. The number of hydrogen-bond donors (Lipinski definition) is 2. The van der Waals surface area contributed by atoms with Gasteiger partial charge in [-0.05, 0) is 62.2 Å². The molecule has 0 fully saturated rings. The van der Waals surface area contributed by atoms with Gasteiger partial charge in [0.25, 0.3) is 5.91 Å². The number of halogens is 3. The number of hydrogen-bond acceptors (Lipinski definition) is 3. The summed E-state index contributed by atoms with van der Waals surface area (Å²) in [5.74, 6) is 0.194. The van der Waals surface area contributed by atoms with Gasteiger partial charge in [-0.1, -0.05) is 11.6 Å². The summed E-state index contributed by atoms with van der Waals surface area (Å²) >= 11 is 12.6. The molecule has 2 aromatic carbocycles. The van der Waals surface area contributed by atoms with Crippen LogP contribution in [0.2, 0.25) is 5.02 Å². The van der Waals surface area contributed by atoms with Crippen LogP contribution in [0.25, 0.3) is 0 Å². The standard InChI is InChI=1S/C14H11Br2ClN2O2/c1-21-13-10(16)5-8(17)6-12(13)19-14(20)7-2-3-9(15)11(18)4-7/h2-6H,18H2,1H3,(H,19,20). The maximum atomic E-state index is 12.3. The zero-order valence-corrected chi connectivity index (χ0v) is 14.8. The Morgan fingerprint density at radius 3 is 2.57 bits per heavy atom. The average Bonchev–Trinajstić information content (AvgIpc) is 2.41. The monoisotopic (exact) mass is 432 g/mol. The molecule has 7 heteroatoms. The van der Waals surface area contributed by atoms with Crippen molar-refractivity contribution in [3.05, 3.63) is 49.9 Å². The van der Waals surface area contributed by atoms with Crippen LogP contribution in [0.5, 0.6) is 5.75 Å². The molecule has 3 N–H and O–H groups in total. The average molecular weight is 435 g/mol. The van der Waals surface area contributed by atoms with Crippen molar-refractivity contribution in [2.45, 2.75) is 0 Å². The summed E-state index contributed by atoms with van der Waals surface area (Å²) in [4.78, 5) is 12.3. The van der Waals surface area contributed by atoms with Gasteiger partial charge in [-0.3, -0.25) is 4.79 Å². The largest absolute Gasteiger partial charge is 0.493 e. The molecule has 1 amide bonds. The summed E-state index contributed by atoms with van der Waals surface area (Å²) in [6.07, 6.45) is 0. The number of methoxy groups -OCH3 is 1. The van der Waals surface area contributed by atoms with E-state index in [1.54, 1.807) is 30.3 Å². The fourth-order valence-electron chi connectivity index (χ4n) is 1.74. The van der Waals surface area contributed by atoms with Gasteiger partial charge in [0.05, 0.1) is 17.3 Å². The van der Waals surface area contributed by atoms with Crippen LogP contribution in [0.3, 0.4) is 0 Å². The van der Waals surface area contributed by atoms with Crippen LogP contribution in [0.1, 0.15) is 10.4 Å². The van der Waals surface area contributed by atoms with E-state index in [2.05, 4.69) is 37.2 Å². The van der Waals surface area contributed by atoms with E-state index in [4.69, 9.17) is 22.1 Å². The molecule has 0 unspecified atom stereocenters. The molecule has 0 heterocycles.